The van der Waals surface area contributed by atoms with Gasteiger partial charge in [-0.25, -0.2) is 8.78 Å². The Hall–Kier alpha value is -4.59. The fraction of sp³-hybridized carbons (Fsp3) is 0.167. The highest BCUT2D eigenvalue weighted by Gasteiger charge is 2.31. The molecular formula is C30H25F2N3O3. The zero-order chi connectivity index (χ0) is 26.8. The molecule has 0 fully saturated rings. The van der Waals surface area contributed by atoms with Gasteiger partial charge in [-0.1, -0.05) is 29.8 Å². The highest BCUT2D eigenvalue weighted by atomic mass is 19.1. The van der Waals surface area contributed by atoms with Crippen LogP contribution in [0.25, 0.3) is 10.9 Å². The molecule has 8 heteroatoms. The van der Waals surface area contributed by atoms with Crippen molar-refractivity contribution in [2.24, 2.45) is 0 Å². The molecule has 0 bridgehead atoms. The van der Waals surface area contributed by atoms with Crippen molar-refractivity contribution in [3.05, 3.63) is 118 Å². The summed E-state index contributed by atoms with van der Waals surface area (Å²) in [6.45, 7) is 1.75. The summed E-state index contributed by atoms with van der Waals surface area (Å²) in [4.78, 5) is 41.9. The van der Waals surface area contributed by atoms with Gasteiger partial charge in [-0.15, -0.1) is 0 Å². The fourth-order valence-corrected chi connectivity index (χ4v) is 4.83. The lowest BCUT2D eigenvalue weighted by atomic mass is 9.85. The van der Waals surface area contributed by atoms with E-state index in [1.54, 1.807) is 13.0 Å². The number of benzene rings is 3. The van der Waals surface area contributed by atoms with Gasteiger partial charge >= 0.3 is 0 Å². The SMILES string of the molecule is CC1=C(C(=O)Cc2ccc3[nH]ccc3c2)C(c2ccc(F)c(C(=O)NCc3cccc(F)c3)c2)NC(=O)C1. The quantitative estimate of drug-likeness (QED) is 0.323. The summed E-state index contributed by atoms with van der Waals surface area (Å²) < 4.78 is 28.1. The van der Waals surface area contributed by atoms with Crippen LogP contribution in [0.15, 0.2) is 84.1 Å². The van der Waals surface area contributed by atoms with Crippen LogP contribution in [0.5, 0.6) is 0 Å². The molecule has 3 aromatic carbocycles. The van der Waals surface area contributed by atoms with Crippen molar-refractivity contribution in [1.82, 2.24) is 15.6 Å². The molecule has 192 valence electrons. The van der Waals surface area contributed by atoms with Crippen LogP contribution >= 0.6 is 0 Å². The molecule has 1 atom stereocenters. The van der Waals surface area contributed by atoms with E-state index in [4.69, 9.17) is 0 Å². The summed E-state index contributed by atoms with van der Waals surface area (Å²) in [5.41, 5.74) is 3.56. The average Bonchev–Trinajstić information content (AvgIpc) is 3.35. The minimum atomic E-state index is -0.824. The van der Waals surface area contributed by atoms with Gasteiger partial charge < -0.3 is 15.6 Å². The smallest absolute Gasteiger partial charge is 0.254 e. The number of amides is 2. The van der Waals surface area contributed by atoms with E-state index in [2.05, 4.69) is 15.6 Å². The highest BCUT2D eigenvalue weighted by Crippen LogP contribution is 2.32. The lowest BCUT2D eigenvalue weighted by Crippen LogP contribution is -2.37. The molecule has 1 unspecified atom stereocenters. The number of aromatic amines is 1. The van der Waals surface area contributed by atoms with E-state index in [1.807, 2.05) is 30.5 Å². The first kappa shape index (κ1) is 25.1. The van der Waals surface area contributed by atoms with Crippen molar-refractivity contribution in [2.75, 3.05) is 0 Å². The Morgan fingerprint density at radius 1 is 1.00 bits per heavy atom. The molecule has 0 spiro atoms. The van der Waals surface area contributed by atoms with Gasteiger partial charge in [-0.05, 0) is 71.5 Å². The fourth-order valence-electron chi connectivity index (χ4n) is 4.83. The molecule has 0 aliphatic carbocycles. The van der Waals surface area contributed by atoms with Gasteiger partial charge in [0.2, 0.25) is 5.91 Å². The van der Waals surface area contributed by atoms with E-state index in [1.165, 1.54) is 30.3 Å². The lowest BCUT2D eigenvalue weighted by Gasteiger charge is -2.28. The first-order chi connectivity index (χ1) is 18.3. The summed E-state index contributed by atoms with van der Waals surface area (Å²) in [6, 6.07) is 16.5. The van der Waals surface area contributed by atoms with E-state index in [0.717, 1.165) is 22.5 Å². The standard InChI is InChI=1S/C30H25F2N3O3/c1-17-11-27(37)35-29(28(17)26(36)14-18-5-8-25-20(12-18)9-10-33-25)21-6-7-24(32)23(15-21)30(38)34-16-19-3-2-4-22(31)13-19/h2-10,12-13,15,29,33H,11,14,16H2,1H3,(H,34,38)(H,35,37). The topological polar surface area (TPSA) is 91.1 Å². The van der Waals surface area contributed by atoms with Gasteiger partial charge in [-0.3, -0.25) is 14.4 Å². The molecule has 3 N–H and O–H groups in total. The Labute approximate surface area is 217 Å². The first-order valence-corrected chi connectivity index (χ1v) is 12.2. The molecule has 0 saturated carbocycles. The largest absolute Gasteiger partial charge is 0.361 e. The van der Waals surface area contributed by atoms with Crippen LogP contribution < -0.4 is 10.6 Å². The molecule has 4 aromatic rings. The molecule has 1 aromatic heterocycles. The molecule has 0 saturated heterocycles. The maximum atomic E-state index is 14.7. The highest BCUT2D eigenvalue weighted by molar-refractivity contribution is 6.02. The second-order valence-corrected chi connectivity index (χ2v) is 9.42. The predicted molar refractivity (Wildman–Crippen MR) is 139 cm³/mol. The second-order valence-electron chi connectivity index (χ2n) is 9.42. The Bertz CT molecular complexity index is 1610. The van der Waals surface area contributed by atoms with E-state index in [9.17, 15) is 23.2 Å². The first-order valence-electron chi connectivity index (χ1n) is 12.2. The number of ketones is 1. The van der Waals surface area contributed by atoms with Crippen LogP contribution in [0.1, 0.15) is 46.4 Å². The number of carbonyl (C=O) groups is 3. The minimum Gasteiger partial charge on any atom is -0.361 e. The Morgan fingerprint density at radius 2 is 1.84 bits per heavy atom. The van der Waals surface area contributed by atoms with Crippen LogP contribution in [-0.4, -0.2) is 22.6 Å². The summed E-state index contributed by atoms with van der Waals surface area (Å²) in [5.74, 6) is -2.31. The monoisotopic (exact) mass is 513 g/mol. The van der Waals surface area contributed by atoms with Crippen LogP contribution in [0.4, 0.5) is 8.78 Å². The number of rotatable bonds is 7. The Kier molecular flexibility index (Phi) is 6.87. The van der Waals surface area contributed by atoms with Gasteiger partial charge in [0.15, 0.2) is 5.78 Å². The Morgan fingerprint density at radius 3 is 2.66 bits per heavy atom. The molecule has 0 radical (unpaired) electrons. The summed E-state index contributed by atoms with van der Waals surface area (Å²) >= 11 is 0. The van der Waals surface area contributed by atoms with Crippen molar-refractivity contribution in [1.29, 1.82) is 0 Å². The van der Waals surface area contributed by atoms with Gasteiger partial charge in [-0.2, -0.15) is 0 Å². The maximum absolute atomic E-state index is 14.7. The van der Waals surface area contributed by atoms with Crippen molar-refractivity contribution in [3.63, 3.8) is 0 Å². The van der Waals surface area contributed by atoms with E-state index in [-0.39, 0.29) is 36.6 Å². The number of hydrogen-bond donors (Lipinski definition) is 3. The molecular weight excluding hydrogens is 488 g/mol. The molecule has 1 aliphatic heterocycles. The van der Waals surface area contributed by atoms with E-state index < -0.39 is 23.6 Å². The molecule has 5 rings (SSSR count). The normalized spacial score (nSPS) is 15.4. The number of aromatic nitrogens is 1. The van der Waals surface area contributed by atoms with Crippen molar-refractivity contribution in [3.8, 4) is 0 Å². The third-order valence-electron chi connectivity index (χ3n) is 6.67. The molecule has 1 aliphatic rings. The predicted octanol–water partition coefficient (Wildman–Crippen LogP) is 5.07. The Balaban J connectivity index is 1.40. The van der Waals surface area contributed by atoms with Crippen LogP contribution in [-0.2, 0) is 22.6 Å². The third kappa shape index (κ3) is 5.25. The van der Waals surface area contributed by atoms with Crippen molar-refractivity contribution < 1.29 is 23.2 Å². The van der Waals surface area contributed by atoms with Crippen molar-refractivity contribution in [2.45, 2.75) is 32.4 Å². The zero-order valence-corrected chi connectivity index (χ0v) is 20.6. The zero-order valence-electron chi connectivity index (χ0n) is 20.6. The maximum Gasteiger partial charge on any atom is 0.254 e. The van der Waals surface area contributed by atoms with Crippen molar-refractivity contribution >= 4 is 28.5 Å². The number of Topliss-reactive ketones (excluding diaryl/α,β-unsaturated/α-hetero) is 1. The minimum absolute atomic E-state index is 0.00859. The van der Waals surface area contributed by atoms with Crippen LogP contribution in [0, 0.1) is 11.6 Å². The van der Waals surface area contributed by atoms with E-state index in [0.29, 0.717) is 22.3 Å². The van der Waals surface area contributed by atoms with Crippen LogP contribution in [0.2, 0.25) is 0 Å². The second kappa shape index (κ2) is 10.4. The number of H-pyrrole nitrogens is 1. The van der Waals surface area contributed by atoms with Crippen LogP contribution in [0.3, 0.4) is 0 Å². The lowest BCUT2D eigenvalue weighted by molar-refractivity contribution is -0.121. The third-order valence-corrected chi connectivity index (χ3v) is 6.67. The molecule has 2 amide bonds. The number of fused-ring (bicyclic) bond motifs is 1. The summed E-state index contributed by atoms with van der Waals surface area (Å²) in [5, 5.41) is 6.42. The van der Waals surface area contributed by atoms with Gasteiger partial charge in [0, 0.05) is 36.7 Å². The number of halogens is 2. The molecule has 6 nitrogen and oxygen atoms in total. The van der Waals surface area contributed by atoms with Gasteiger partial charge in [0.1, 0.15) is 11.6 Å². The number of carbonyl (C=O) groups excluding carboxylic acids is 3. The number of hydrogen-bond acceptors (Lipinski definition) is 3. The average molecular weight is 514 g/mol. The molecule has 38 heavy (non-hydrogen) atoms. The molecule has 2 heterocycles. The number of nitrogens with one attached hydrogen (secondary N) is 3. The van der Waals surface area contributed by atoms with E-state index >= 15 is 0 Å². The van der Waals surface area contributed by atoms with Gasteiger partial charge in [0.25, 0.3) is 5.91 Å². The summed E-state index contributed by atoms with van der Waals surface area (Å²) in [6.07, 6.45) is 2.04. The van der Waals surface area contributed by atoms with Gasteiger partial charge in [0.05, 0.1) is 11.6 Å². The summed E-state index contributed by atoms with van der Waals surface area (Å²) in [7, 11) is 0.